The third-order valence-corrected chi connectivity index (χ3v) is 15.8. The Bertz CT molecular complexity index is 3210. The molecule has 0 aliphatic carbocycles. The van der Waals surface area contributed by atoms with E-state index in [0.717, 1.165) is 60.6 Å². The maximum Gasteiger partial charge on any atom is 0.179 e. The molecule has 6 heteroatoms. The zero-order chi connectivity index (χ0) is 37.8. The molecular formula is C51H33N3O2Si. The van der Waals surface area contributed by atoms with Crippen LogP contribution in [0, 0.1) is 0 Å². The van der Waals surface area contributed by atoms with Gasteiger partial charge in [-0.2, -0.15) is 0 Å². The summed E-state index contributed by atoms with van der Waals surface area (Å²) < 4.78 is 12.8. The highest BCUT2D eigenvalue weighted by molar-refractivity contribution is 7.20. The molecule has 11 aromatic rings. The van der Waals surface area contributed by atoms with Gasteiger partial charge in [0.05, 0.1) is 0 Å². The van der Waals surface area contributed by atoms with Crippen LogP contribution in [0.2, 0.25) is 0 Å². The number of aromatic nitrogens is 3. The molecule has 5 nitrogen and oxygen atoms in total. The van der Waals surface area contributed by atoms with Crippen LogP contribution >= 0.6 is 0 Å². The zero-order valence-corrected chi connectivity index (χ0v) is 31.7. The van der Waals surface area contributed by atoms with E-state index < -0.39 is 8.07 Å². The Morgan fingerprint density at radius 3 is 1.54 bits per heavy atom. The van der Waals surface area contributed by atoms with Gasteiger partial charge >= 0.3 is 0 Å². The summed E-state index contributed by atoms with van der Waals surface area (Å²) in [5, 5.41) is 9.20. The summed E-state index contributed by atoms with van der Waals surface area (Å²) in [7, 11) is -2.99. The van der Waals surface area contributed by atoms with Gasteiger partial charge in [0.1, 0.15) is 22.3 Å². The molecule has 0 aliphatic rings. The fraction of sp³-hybridized carbons (Fsp3) is 0. The smallest absolute Gasteiger partial charge is 0.179 e. The summed E-state index contributed by atoms with van der Waals surface area (Å²) in [4.78, 5) is 15.6. The quantitative estimate of drug-likeness (QED) is 0.120. The third-order valence-electron chi connectivity index (χ3n) is 11.1. The van der Waals surface area contributed by atoms with Crippen LogP contribution in [0.5, 0.6) is 0 Å². The predicted molar refractivity (Wildman–Crippen MR) is 234 cm³/mol. The molecule has 0 radical (unpaired) electrons. The van der Waals surface area contributed by atoms with Crippen LogP contribution < -0.4 is 20.7 Å². The van der Waals surface area contributed by atoms with Crippen molar-refractivity contribution in [3.63, 3.8) is 0 Å². The molecule has 0 saturated carbocycles. The van der Waals surface area contributed by atoms with Gasteiger partial charge < -0.3 is 8.83 Å². The summed E-state index contributed by atoms with van der Waals surface area (Å²) in [6, 6.07) is 70.1. The molecule has 0 N–H and O–H groups in total. The molecule has 0 spiro atoms. The van der Waals surface area contributed by atoms with Gasteiger partial charge in [-0.1, -0.05) is 176 Å². The van der Waals surface area contributed by atoms with E-state index in [1.807, 2.05) is 72.8 Å². The largest absolute Gasteiger partial charge is 0.456 e. The standard InChI is InChI=1S/C51H33N3O2Si/c1-4-16-34(17-5-1)49-52-50(54-51(53-49)43-26-15-29-46-48(43)42-25-11-13-28-45(42)55-46)35-18-14-23-38(32-35)57(36-19-6-2-7-20-36,37-21-8-3-9-22-37)39-30-31-41-40-24-10-12-27-44(40)56-47(41)33-39/h1-33H. The number of benzene rings is 8. The van der Waals surface area contributed by atoms with E-state index in [-0.39, 0.29) is 0 Å². The van der Waals surface area contributed by atoms with Crippen molar-refractivity contribution in [3.8, 4) is 34.2 Å². The van der Waals surface area contributed by atoms with Crippen LogP contribution in [0.4, 0.5) is 0 Å². The van der Waals surface area contributed by atoms with Crippen molar-refractivity contribution >= 4 is 72.7 Å². The SMILES string of the molecule is c1ccc(-c2nc(-c3cccc([Si](c4ccccc4)(c4ccccc4)c4ccc5c(c4)oc4ccccc45)c3)nc(-c3cccc4oc5ccccc5c34)n2)cc1. The molecule has 3 aromatic heterocycles. The molecule has 8 aromatic carbocycles. The van der Waals surface area contributed by atoms with Gasteiger partial charge in [-0.15, -0.1) is 0 Å². The van der Waals surface area contributed by atoms with Gasteiger partial charge in [0.2, 0.25) is 0 Å². The second-order valence-electron chi connectivity index (χ2n) is 14.3. The number of hydrogen-bond donors (Lipinski definition) is 0. The second-order valence-corrected chi connectivity index (χ2v) is 18.1. The topological polar surface area (TPSA) is 65.0 Å². The van der Waals surface area contributed by atoms with Crippen LogP contribution in [0.1, 0.15) is 0 Å². The average molecular weight is 748 g/mol. The first-order valence-electron chi connectivity index (χ1n) is 19.1. The highest BCUT2D eigenvalue weighted by Crippen LogP contribution is 2.36. The molecule has 0 saturated heterocycles. The summed E-state index contributed by atoms with van der Waals surface area (Å²) >= 11 is 0. The van der Waals surface area contributed by atoms with E-state index in [9.17, 15) is 0 Å². The summed E-state index contributed by atoms with van der Waals surface area (Å²) in [6.07, 6.45) is 0. The lowest BCUT2D eigenvalue weighted by atomic mass is 10.1. The van der Waals surface area contributed by atoms with Gasteiger partial charge in [0.25, 0.3) is 0 Å². The number of para-hydroxylation sites is 2. The molecule has 0 atom stereocenters. The molecule has 0 bridgehead atoms. The van der Waals surface area contributed by atoms with Crippen molar-refractivity contribution < 1.29 is 8.83 Å². The zero-order valence-electron chi connectivity index (χ0n) is 30.7. The monoisotopic (exact) mass is 747 g/mol. The minimum Gasteiger partial charge on any atom is -0.456 e. The normalized spacial score (nSPS) is 11.9. The lowest BCUT2D eigenvalue weighted by Crippen LogP contribution is -2.74. The predicted octanol–water partition coefficient (Wildman–Crippen LogP) is 10.0. The number of nitrogens with zero attached hydrogens (tertiary/aromatic N) is 3. The average Bonchev–Trinajstić information content (AvgIpc) is 3.86. The highest BCUT2D eigenvalue weighted by atomic mass is 28.3. The molecule has 0 aliphatic heterocycles. The van der Waals surface area contributed by atoms with Crippen molar-refractivity contribution in [1.82, 2.24) is 15.0 Å². The Kier molecular flexibility index (Phi) is 7.76. The van der Waals surface area contributed by atoms with Crippen LogP contribution in [0.15, 0.2) is 209 Å². The van der Waals surface area contributed by atoms with Crippen LogP contribution in [-0.2, 0) is 0 Å². The first-order valence-corrected chi connectivity index (χ1v) is 21.1. The molecular weight excluding hydrogens is 715 g/mol. The number of furan rings is 2. The van der Waals surface area contributed by atoms with E-state index in [1.165, 1.54) is 20.7 Å². The van der Waals surface area contributed by atoms with Crippen LogP contribution in [-0.4, -0.2) is 23.0 Å². The first-order chi connectivity index (χ1) is 28.2. The second kappa shape index (κ2) is 13.4. The Hall–Kier alpha value is -7.41. The van der Waals surface area contributed by atoms with Gasteiger partial charge in [-0.25, -0.2) is 15.0 Å². The maximum absolute atomic E-state index is 6.54. The van der Waals surface area contributed by atoms with Crippen molar-refractivity contribution in [2.45, 2.75) is 0 Å². The Labute approximate surface area is 329 Å². The molecule has 3 heterocycles. The fourth-order valence-electron chi connectivity index (χ4n) is 8.53. The fourth-order valence-corrected chi connectivity index (χ4v) is 13.3. The Balaban J connectivity index is 1.17. The molecule has 0 unspecified atom stereocenters. The Morgan fingerprint density at radius 1 is 0.316 bits per heavy atom. The van der Waals surface area contributed by atoms with E-state index in [1.54, 1.807) is 0 Å². The summed E-state index contributed by atoms with van der Waals surface area (Å²) in [5.41, 5.74) is 6.11. The third kappa shape index (κ3) is 5.41. The minimum absolute atomic E-state index is 0.589. The van der Waals surface area contributed by atoms with Gasteiger partial charge in [-0.3, -0.25) is 0 Å². The first kappa shape index (κ1) is 33.0. The highest BCUT2D eigenvalue weighted by Gasteiger charge is 2.42. The van der Waals surface area contributed by atoms with E-state index in [0.29, 0.717) is 17.5 Å². The van der Waals surface area contributed by atoms with Crippen molar-refractivity contribution in [1.29, 1.82) is 0 Å². The van der Waals surface area contributed by atoms with E-state index in [2.05, 4.69) is 127 Å². The minimum atomic E-state index is -2.99. The number of fused-ring (bicyclic) bond motifs is 6. The Morgan fingerprint density at radius 2 is 0.807 bits per heavy atom. The lowest BCUT2D eigenvalue weighted by Gasteiger charge is -2.34. The van der Waals surface area contributed by atoms with Gasteiger partial charge in [0.15, 0.2) is 25.5 Å². The summed E-state index contributed by atoms with van der Waals surface area (Å²) in [6.45, 7) is 0. The lowest BCUT2D eigenvalue weighted by molar-refractivity contribution is 0.668. The molecule has 0 amide bonds. The van der Waals surface area contributed by atoms with Crippen LogP contribution in [0.3, 0.4) is 0 Å². The maximum atomic E-state index is 6.54. The number of rotatable bonds is 7. The van der Waals surface area contributed by atoms with E-state index in [4.69, 9.17) is 23.8 Å². The summed E-state index contributed by atoms with van der Waals surface area (Å²) in [5.74, 6) is 1.80. The molecule has 11 rings (SSSR count). The van der Waals surface area contributed by atoms with Crippen LogP contribution in [0.25, 0.3) is 78.0 Å². The molecule has 268 valence electrons. The molecule has 0 fully saturated rings. The van der Waals surface area contributed by atoms with Crippen molar-refractivity contribution in [2.24, 2.45) is 0 Å². The van der Waals surface area contributed by atoms with Crippen molar-refractivity contribution in [2.75, 3.05) is 0 Å². The molecule has 57 heavy (non-hydrogen) atoms. The van der Waals surface area contributed by atoms with E-state index >= 15 is 0 Å². The van der Waals surface area contributed by atoms with Crippen molar-refractivity contribution in [3.05, 3.63) is 200 Å². The van der Waals surface area contributed by atoms with Gasteiger partial charge in [0, 0.05) is 38.2 Å². The number of hydrogen-bond acceptors (Lipinski definition) is 5. The van der Waals surface area contributed by atoms with Gasteiger partial charge in [-0.05, 0) is 45.0 Å².